The molecule has 1 saturated heterocycles. The van der Waals surface area contributed by atoms with Gasteiger partial charge in [0.05, 0.1) is 0 Å². The monoisotopic (exact) mass is 293 g/mol. The minimum atomic E-state index is -0.112. The number of hydrogen-bond donors (Lipinski definition) is 1. The molecule has 4 heteroatoms. The average molecular weight is 293 g/mol. The van der Waals surface area contributed by atoms with Crippen LogP contribution in [0.15, 0.2) is 18.2 Å². The molecule has 0 bridgehead atoms. The fourth-order valence-electron chi connectivity index (χ4n) is 3.26. The van der Waals surface area contributed by atoms with Crippen molar-refractivity contribution in [3.8, 4) is 0 Å². The standard InChI is InChI=1S/C17H28FN3/c1-4-19-12-15-16(18)9-6-10-17(15)20(3)13-14-8-7-11-21(14)5-2/h6,9-10,14,19H,4-5,7-8,11-13H2,1-3H3. The lowest BCUT2D eigenvalue weighted by Crippen LogP contribution is -2.39. The number of nitrogens with zero attached hydrogens (tertiary/aromatic N) is 2. The molecule has 0 aromatic heterocycles. The van der Waals surface area contributed by atoms with Crippen LogP contribution in [0.1, 0.15) is 32.3 Å². The van der Waals surface area contributed by atoms with Crippen molar-refractivity contribution >= 4 is 5.69 Å². The molecule has 1 unspecified atom stereocenters. The van der Waals surface area contributed by atoms with E-state index in [-0.39, 0.29) is 5.82 Å². The summed E-state index contributed by atoms with van der Waals surface area (Å²) in [6.45, 7) is 8.97. The van der Waals surface area contributed by atoms with E-state index in [0.717, 1.165) is 30.9 Å². The van der Waals surface area contributed by atoms with E-state index in [1.807, 2.05) is 19.1 Å². The van der Waals surface area contributed by atoms with Gasteiger partial charge >= 0.3 is 0 Å². The van der Waals surface area contributed by atoms with Gasteiger partial charge in [-0.25, -0.2) is 4.39 Å². The van der Waals surface area contributed by atoms with Crippen LogP contribution in [-0.4, -0.2) is 44.2 Å². The van der Waals surface area contributed by atoms with Crippen molar-refractivity contribution in [3.05, 3.63) is 29.6 Å². The molecule has 0 aliphatic carbocycles. The van der Waals surface area contributed by atoms with Gasteiger partial charge in [0.1, 0.15) is 5.82 Å². The smallest absolute Gasteiger partial charge is 0.129 e. The van der Waals surface area contributed by atoms with Crippen LogP contribution in [0, 0.1) is 5.82 Å². The first kappa shape index (κ1) is 16.2. The SMILES string of the molecule is CCNCc1c(F)cccc1N(C)CC1CCCN1CC. The highest BCUT2D eigenvalue weighted by Crippen LogP contribution is 2.25. The Morgan fingerprint density at radius 2 is 2.19 bits per heavy atom. The van der Waals surface area contributed by atoms with Crippen LogP contribution in [-0.2, 0) is 6.54 Å². The Labute approximate surface area is 128 Å². The number of nitrogens with one attached hydrogen (secondary N) is 1. The van der Waals surface area contributed by atoms with E-state index in [1.165, 1.54) is 19.4 Å². The normalized spacial score (nSPS) is 19.1. The molecule has 118 valence electrons. The van der Waals surface area contributed by atoms with Crippen LogP contribution in [0.5, 0.6) is 0 Å². The Hall–Kier alpha value is -1.13. The lowest BCUT2D eigenvalue weighted by Gasteiger charge is -2.30. The first-order valence-corrected chi connectivity index (χ1v) is 8.10. The van der Waals surface area contributed by atoms with Crippen molar-refractivity contribution in [1.29, 1.82) is 0 Å². The summed E-state index contributed by atoms with van der Waals surface area (Å²) in [5, 5.41) is 3.24. The maximum Gasteiger partial charge on any atom is 0.129 e. The number of hydrogen-bond acceptors (Lipinski definition) is 3. The van der Waals surface area contributed by atoms with Crippen molar-refractivity contribution in [2.45, 2.75) is 39.3 Å². The van der Waals surface area contributed by atoms with E-state index in [4.69, 9.17) is 0 Å². The van der Waals surface area contributed by atoms with Crippen LogP contribution >= 0.6 is 0 Å². The van der Waals surface area contributed by atoms with Crippen LogP contribution in [0.2, 0.25) is 0 Å². The Morgan fingerprint density at radius 1 is 1.38 bits per heavy atom. The molecule has 1 aliphatic rings. The molecular weight excluding hydrogens is 265 g/mol. The third-order valence-electron chi connectivity index (χ3n) is 4.45. The number of likely N-dealkylation sites (tertiary alicyclic amines) is 1. The van der Waals surface area contributed by atoms with E-state index in [2.05, 4.69) is 29.1 Å². The van der Waals surface area contributed by atoms with Crippen LogP contribution in [0.4, 0.5) is 10.1 Å². The van der Waals surface area contributed by atoms with Gasteiger partial charge in [-0.15, -0.1) is 0 Å². The highest BCUT2D eigenvalue weighted by molar-refractivity contribution is 5.53. The lowest BCUT2D eigenvalue weighted by molar-refractivity contribution is 0.270. The van der Waals surface area contributed by atoms with Gasteiger partial charge in [0.25, 0.3) is 0 Å². The number of benzene rings is 1. The molecule has 3 nitrogen and oxygen atoms in total. The van der Waals surface area contributed by atoms with Gasteiger partial charge < -0.3 is 10.2 Å². The molecule has 1 fully saturated rings. The minimum Gasteiger partial charge on any atom is -0.373 e. The van der Waals surface area contributed by atoms with Gasteiger partial charge in [-0.3, -0.25) is 4.90 Å². The van der Waals surface area contributed by atoms with Gasteiger partial charge in [0.2, 0.25) is 0 Å². The van der Waals surface area contributed by atoms with Gasteiger partial charge in [-0.1, -0.05) is 19.9 Å². The van der Waals surface area contributed by atoms with Crippen molar-refractivity contribution in [2.75, 3.05) is 38.1 Å². The molecule has 1 aliphatic heterocycles. The lowest BCUT2D eigenvalue weighted by atomic mass is 10.1. The summed E-state index contributed by atoms with van der Waals surface area (Å²) in [6.07, 6.45) is 2.52. The Bertz CT molecular complexity index is 450. The number of anilines is 1. The van der Waals surface area contributed by atoms with E-state index < -0.39 is 0 Å². The quantitative estimate of drug-likeness (QED) is 0.834. The molecule has 1 aromatic rings. The van der Waals surface area contributed by atoms with Gasteiger partial charge in [0.15, 0.2) is 0 Å². The molecule has 0 saturated carbocycles. The molecule has 21 heavy (non-hydrogen) atoms. The van der Waals surface area contributed by atoms with Crippen molar-refractivity contribution in [1.82, 2.24) is 10.2 Å². The molecular formula is C17H28FN3. The van der Waals surface area contributed by atoms with Gasteiger partial charge in [0, 0.05) is 37.4 Å². The Kier molecular flexibility index (Phi) is 6.00. The summed E-state index contributed by atoms with van der Waals surface area (Å²) in [7, 11) is 2.08. The fourth-order valence-corrected chi connectivity index (χ4v) is 3.26. The highest BCUT2D eigenvalue weighted by Gasteiger charge is 2.25. The fraction of sp³-hybridized carbons (Fsp3) is 0.647. The largest absolute Gasteiger partial charge is 0.373 e. The summed E-state index contributed by atoms with van der Waals surface area (Å²) >= 11 is 0. The topological polar surface area (TPSA) is 18.5 Å². The van der Waals surface area contributed by atoms with Gasteiger partial charge in [-0.2, -0.15) is 0 Å². The first-order valence-electron chi connectivity index (χ1n) is 8.10. The molecule has 0 amide bonds. The second-order valence-corrected chi connectivity index (χ2v) is 5.82. The molecule has 1 atom stereocenters. The Morgan fingerprint density at radius 3 is 2.90 bits per heavy atom. The molecule has 2 rings (SSSR count). The van der Waals surface area contributed by atoms with E-state index in [1.54, 1.807) is 6.07 Å². The van der Waals surface area contributed by atoms with E-state index in [9.17, 15) is 4.39 Å². The number of rotatable bonds is 7. The van der Waals surface area contributed by atoms with Crippen LogP contribution < -0.4 is 10.2 Å². The minimum absolute atomic E-state index is 0.112. The van der Waals surface area contributed by atoms with Gasteiger partial charge in [-0.05, 0) is 44.6 Å². The van der Waals surface area contributed by atoms with Crippen LogP contribution in [0.3, 0.4) is 0 Å². The maximum atomic E-state index is 14.1. The van der Waals surface area contributed by atoms with Crippen molar-refractivity contribution < 1.29 is 4.39 Å². The average Bonchev–Trinajstić information content (AvgIpc) is 2.92. The third kappa shape index (κ3) is 3.95. The summed E-state index contributed by atoms with van der Waals surface area (Å²) in [6, 6.07) is 5.98. The zero-order valence-corrected chi connectivity index (χ0v) is 13.5. The Balaban J connectivity index is 2.11. The van der Waals surface area contributed by atoms with Crippen molar-refractivity contribution in [3.63, 3.8) is 0 Å². The second kappa shape index (κ2) is 7.76. The summed E-state index contributed by atoms with van der Waals surface area (Å²) in [5.41, 5.74) is 1.79. The molecule has 1 N–H and O–H groups in total. The summed E-state index contributed by atoms with van der Waals surface area (Å²) < 4.78 is 14.1. The highest BCUT2D eigenvalue weighted by atomic mass is 19.1. The summed E-state index contributed by atoms with van der Waals surface area (Å²) in [5.74, 6) is -0.112. The second-order valence-electron chi connectivity index (χ2n) is 5.82. The molecule has 1 aromatic carbocycles. The van der Waals surface area contributed by atoms with E-state index in [0.29, 0.717) is 12.6 Å². The van der Waals surface area contributed by atoms with Crippen LogP contribution in [0.25, 0.3) is 0 Å². The predicted octanol–water partition coefficient (Wildman–Crippen LogP) is 2.86. The third-order valence-corrected chi connectivity index (χ3v) is 4.45. The number of halogens is 1. The molecule has 0 radical (unpaired) electrons. The molecule has 1 heterocycles. The zero-order chi connectivity index (χ0) is 15.2. The maximum absolute atomic E-state index is 14.1. The summed E-state index contributed by atoms with van der Waals surface area (Å²) in [4.78, 5) is 4.74. The van der Waals surface area contributed by atoms with E-state index >= 15 is 0 Å². The molecule has 0 spiro atoms. The number of likely N-dealkylation sites (N-methyl/N-ethyl adjacent to an activating group) is 2. The van der Waals surface area contributed by atoms with Crippen molar-refractivity contribution in [2.24, 2.45) is 0 Å². The zero-order valence-electron chi connectivity index (χ0n) is 13.5. The first-order chi connectivity index (χ1) is 10.2. The predicted molar refractivity (Wildman–Crippen MR) is 87.3 cm³/mol.